The van der Waals surface area contributed by atoms with Crippen LogP contribution in [0.25, 0.3) is 0 Å². The van der Waals surface area contributed by atoms with Crippen molar-refractivity contribution in [2.75, 3.05) is 26.7 Å². The summed E-state index contributed by atoms with van der Waals surface area (Å²) in [7, 11) is 1.96. The lowest BCUT2D eigenvalue weighted by atomic mass is 9.97. The molecule has 19 heavy (non-hydrogen) atoms. The summed E-state index contributed by atoms with van der Waals surface area (Å²) >= 11 is 8.25. The van der Waals surface area contributed by atoms with Crippen LogP contribution in [0, 0.1) is 9.49 Å². The van der Waals surface area contributed by atoms with Crippen LogP contribution in [-0.4, -0.2) is 37.5 Å². The summed E-state index contributed by atoms with van der Waals surface area (Å²) in [4.78, 5) is 14.4. The van der Waals surface area contributed by atoms with Crippen molar-refractivity contribution in [3.63, 3.8) is 0 Å². The van der Waals surface area contributed by atoms with Crippen molar-refractivity contribution in [2.24, 2.45) is 5.92 Å². The zero-order chi connectivity index (χ0) is 13.8. The van der Waals surface area contributed by atoms with E-state index in [1.165, 1.54) is 6.42 Å². The third-order valence-electron chi connectivity index (χ3n) is 3.47. The van der Waals surface area contributed by atoms with Gasteiger partial charge in [0, 0.05) is 22.2 Å². The van der Waals surface area contributed by atoms with Gasteiger partial charge >= 0.3 is 0 Å². The van der Waals surface area contributed by atoms with Gasteiger partial charge in [0.1, 0.15) is 0 Å². The van der Waals surface area contributed by atoms with Crippen LogP contribution in [0.1, 0.15) is 23.2 Å². The van der Waals surface area contributed by atoms with E-state index < -0.39 is 0 Å². The Morgan fingerprint density at radius 2 is 2.37 bits per heavy atom. The fourth-order valence-corrected chi connectivity index (χ4v) is 3.03. The van der Waals surface area contributed by atoms with Crippen LogP contribution in [0.4, 0.5) is 0 Å². The minimum atomic E-state index is 0.0964. The van der Waals surface area contributed by atoms with Crippen molar-refractivity contribution in [3.8, 4) is 0 Å². The second-order valence-corrected chi connectivity index (χ2v) is 6.52. The van der Waals surface area contributed by atoms with Gasteiger partial charge in [-0.15, -0.1) is 0 Å². The van der Waals surface area contributed by atoms with Crippen molar-refractivity contribution < 1.29 is 4.79 Å². The van der Waals surface area contributed by atoms with Gasteiger partial charge in [-0.05, 0) is 73.1 Å². The molecule has 1 unspecified atom stereocenters. The van der Waals surface area contributed by atoms with E-state index >= 15 is 0 Å². The van der Waals surface area contributed by atoms with E-state index in [-0.39, 0.29) is 5.91 Å². The zero-order valence-electron chi connectivity index (χ0n) is 11.0. The summed E-state index contributed by atoms with van der Waals surface area (Å²) < 4.78 is 0.975. The highest BCUT2D eigenvalue weighted by Crippen LogP contribution is 2.22. The number of likely N-dealkylation sites (tertiary alicyclic amines) is 1. The van der Waals surface area contributed by atoms with Crippen LogP contribution in [0.5, 0.6) is 0 Å². The Balaban J connectivity index is 2.08. The Morgan fingerprint density at radius 1 is 1.58 bits per heavy atom. The molecular weight excluding hydrogens is 375 g/mol. The van der Waals surface area contributed by atoms with Gasteiger partial charge in [0.05, 0.1) is 5.02 Å². The molecule has 5 heteroatoms. The summed E-state index contributed by atoms with van der Waals surface area (Å²) in [5.41, 5.74) is 0.690. The van der Waals surface area contributed by atoms with E-state index in [2.05, 4.69) is 27.9 Å². The molecule has 0 radical (unpaired) electrons. The summed E-state index contributed by atoms with van der Waals surface area (Å²) in [6.45, 7) is 2.66. The van der Waals surface area contributed by atoms with E-state index in [4.69, 9.17) is 11.6 Å². The van der Waals surface area contributed by atoms with Gasteiger partial charge in [-0.1, -0.05) is 11.6 Å². The maximum atomic E-state index is 12.5. The lowest BCUT2D eigenvalue weighted by Crippen LogP contribution is -2.42. The molecular formula is C14H18ClIN2O. The summed E-state index contributed by atoms with van der Waals surface area (Å²) in [5.74, 6) is 0.654. The first-order valence-electron chi connectivity index (χ1n) is 6.50. The molecule has 3 nitrogen and oxygen atoms in total. The van der Waals surface area contributed by atoms with Crippen molar-refractivity contribution in [1.29, 1.82) is 0 Å². The molecule has 1 fully saturated rings. The van der Waals surface area contributed by atoms with E-state index in [0.717, 1.165) is 29.6 Å². The predicted molar refractivity (Wildman–Crippen MR) is 86.7 cm³/mol. The van der Waals surface area contributed by atoms with Gasteiger partial charge in [0.2, 0.25) is 0 Å². The SMILES string of the molecule is CNCC1CCCN(C(=O)c2ccc(I)c(Cl)c2)C1. The lowest BCUT2D eigenvalue weighted by molar-refractivity contribution is 0.0674. The van der Waals surface area contributed by atoms with E-state index in [1.807, 2.05) is 24.1 Å². The van der Waals surface area contributed by atoms with E-state index in [0.29, 0.717) is 16.5 Å². The standard InChI is InChI=1S/C14H18ClIN2O/c1-17-8-10-3-2-6-18(9-10)14(19)11-4-5-13(16)12(15)7-11/h4-5,7,10,17H,2-3,6,8-9H2,1H3. The normalized spacial score (nSPS) is 19.5. The molecule has 1 aliphatic heterocycles. The molecule has 0 aromatic heterocycles. The van der Waals surface area contributed by atoms with Gasteiger partial charge in [-0.25, -0.2) is 0 Å². The lowest BCUT2D eigenvalue weighted by Gasteiger charge is -2.32. The van der Waals surface area contributed by atoms with Gasteiger partial charge < -0.3 is 10.2 Å². The van der Waals surface area contributed by atoms with Crippen molar-refractivity contribution in [3.05, 3.63) is 32.4 Å². The number of nitrogens with one attached hydrogen (secondary N) is 1. The number of amides is 1. The Hall–Kier alpha value is -0.330. The van der Waals surface area contributed by atoms with Crippen LogP contribution in [0.15, 0.2) is 18.2 Å². The number of benzene rings is 1. The maximum Gasteiger partial charge on any atom is 0.253 e. The van der Waals surface area contributed by atoms with Crippen LogP contribution < -0.4 is 5.32 Å². The number of nitrogens with zero attached hydrogens (tertiary/aromatic N) is 1. The number of carbonyl (C=O) groups excluding carboxylic acids is 1. The molecule has 1 saturated heterocycles. The number of carbonyl (C=O) groups is 1. The van der Waals surface area contributed by atoms with E-state index in [1.54, 1.807) is 6.07 Å². The predicted octanol–water partition coefficient (Wildman–Crippen LogP) is 3.02. The first-order chi connectivity index (χ1) is 9.11. The number of halogens is 2. The number of rotatable bonds is 3. The molecule has 1 aliphatic rings. The first kappa shape index (κ1) is 15.1. The minimum Gasteiger partial charge on any atom is -0.338 e. The van der Waals surface area contributed by atoms with Gasteiger partial charge in [-0.2, -0.15) is 0 Å². The largest absolute Gasteiger partial charge is 0.338 e. The zero-order valence-corrected chi connectivity index (χ0v) is 13.9. The molecule has 1 N–H and O–H groups in total. The topological polar surface area (TPSA) is 32.3 Å². The van der Waals surface area contributed by atoms with Crippen LogP contribution >= 0.6 is 34.2 Å². The molecule has 1 amide bonds. The third kappa shape index (κ3) is 3.83. The number of piperidine rings is 1. The molecule has 2 rings (SSSR count). The quantitative estimate of drug-likeness (QED) is 0.802. The average molecular weight is 393 g/mol. The van der Waals surface area contributed by atoms with Crippen LogP contribution in [0.2, 0.25) is 5.02 Å². The molecule has 0 bridgehead atoms. The van der Waals surface area contributed by atoms with Gasteiger partial charge in [-0.3, -0.25) is 4.79 Å². The number of hydrogen-bond donors (Lipinski definition) is 1. The first-order valence-corrected chi connectivity index (χ1v) is 7.96. The molecule has 0 spiro atoms. The van der Waals surface area contributed by atoms with Crippen molar-refractivity contribution in [1.82, 2.24) is 10.2 Å². The summed E-state index contributed by atoms with van der Waals surface area (Å²) in [6.07, 6.45) is 2.27. The Labute approximate surface area is 132 Å². The average Bonchev–Trinajstić information content (AvgIpc) is 2.42. The highest BCUT2D eigenvalue weighted by molar-refractivity contribution is 14.1. The fourth-order valence-electron chi connectivity index (χ4n) is 2.52. The molecule has 1 heterocycles. The molecule has 1 aromatic rings. The molecule has 1 atom stereocenters. The molecule has 1 aromatic carbocycles. The molecule has 0 saturated carbocycles. The molecule has 0 aliphatic carbocycles. The molecule has 104 valence electrons. The minimum absolute atomic E-state index is 0.0964. The Morgan fingerprint density at radius 3 is 3.05 bits per heavy atom. The second-order valence-electron chi connectivity index (χ2n) is 4.95. The summed E-state index contributed by atoms with van der Waals surface area (Å²) in [5, 5.41) is 3.84. The smallest absolute Gasteiger partial charge is 0.253 e. The maximum absolute atomic E-state index is 12.5. The van der Waals surface area contributed by atoms with Gasteiger partial charge in [0.25, 0.3) is 5.91 Å². The van der Waals surface area contributed by atoms with E-state index in [9.17, 15) is 4.79 Å². The number of hydrogen-bond acceptors (Lipinski definition) is 2. The Kier molecular flexibility index (Phi) is 5.47. The Bertz CT molecular complexity index is 465. The third-order valence-corrected chi connectivity index (χ3v) is 5.04. The van der Waals surface area contributed by atoms with Gasteiger partial charge in [0.15, 0.2) is 0 Å². The summed E-state index contributed by atoms with van der Waals surface area (Å²) in [6, 6.07) is 5.52. The highest BCUT2D eigenvalue weighted by atomic mass is 127. The van der Waals surface area contributed by atoms with Crippen LogP contribution in [0.3, 0.4) is 0 Å². The van der Waals surface area contributed by atoms with Crippen LogP contribution in [-0.2, 0) is 0 Å². The fraction of sp³-hybridized carbons (Fsp3) is 0.500. The monoisotopic (exact) mass is 392 g/mol. The second kappa shape index (κ2) is 6.90. The van der Waals surface area contributed by atoms with Crippen molar-refractivity contribution in [2.45, 2.75) is 12.8 Å². The highest BCUT2D eigenvalue weighted by Gasteiger charge is 2.24. The van der Waals surface area contributed by atoms with Crippen molar-refractivity contribution >= 4 is 40.1 Å².